The molecule has 0 atom stereocenters. The molecule has 0 saturated carbocycles. The molecule has 0 radical (unpaired) electrons. The number of nitro groups is 1. The molecule has 0 spiro atoms. The summed E-state index contributed by atoms with van der Waals surface area (Å²) >= 11 is 0. The molecule has 0 unspecified atom stereocenters. The number of carbonyl (C=O) groups is 1. The van der Waals surface area contributed by atoms with Crippen molar-refractivity contribution in [3.05, 3.63) is 93.5 Å². The van der Waals surface area contributed by atoms with Crippen molar-refractivity contribution in [3.63, 3.8) is 0 Å². The lowest BCUT2D eigenvalue weighted by molar-refractivity contribution is -0.384. The van der Waals surface area contributed by atoms with Crippen LogP contribution >= 0.6 is 0 Å². The van der Waals surface area contributed by atoms with Gasteiger partial charge >= 0.3 is 0 Å². The number of para-hydroxylation sites is 1. The number of benzene rings is 3. The van der Waals surface area contributed by atoms with E-state index in [2.05, 4.69) is 5.32 Å². The van der Waals surface area contributed by atoms with Crippen LogP contribution in [-0.4, -0.2) is 22.4 Å². The van der Waals surface area contributed by atoms with Crippen LogP contribution in [0, 0.1) is 24.0 Å². The third-order valence-corrected chi connectivity index (χ3v) is 5.41. The van der Waals surface area contributed by atoms with Crippen molar-refractivity contribution < 1.29 is 14.5 Å². The lowest BCUT2D eigenvalue weighted by Gasteiger charge is -2.15. The van der Waals surface area contributed by atoms with Crippen LogP contribution in [-0.2, 0) is 0 Å². The summed E-state index contributed by atoms with van der Waals surface area (Å²) < 4.78 is 5.37. The molecule has 3 aromatic carbocycles. The lowest BCUT2D eigenvalue weighted by Crippen LogP contribution is -2.16. The second kappa shape index (κ2) is 9.08. The predicted octanol–water partition coefficient (Wildman–Crippen LogP) is 6.08. The van der Waals surface area contributed by atoms with Crippen molar-refractivity contribution in [2.75, 3.05) is 11.9 Å². The number of aryl methyl sites for hydroxylation is 1. The molecule has 0 saturated heterocycles. The monoisotopic (exact) mass is 441 g/mol. The summed E-state index contributed by atoms with van der Waals surface area (Å²) in [5.74, 6) is -0.0684. The molecule has 1 heterocycles. The Morgan fingerprint density at radius 3 is 2.48 bits per heavy atom. The van der Waals surface area contributed by atoms with E-state index in [4.69, 9.17) is 9.72 Å². The smallest absolute Gasteiger partial charge is 0.296 e. The molecule has 1 amide bonds. The first kappa shape index (κ1) is 22.0. The first-order chi connectivity index (χ1) is 15.9. The number of aromatic nitrogens is 1. The summed E-state index contributed by atoms with van der Waals surface area (Å²) in [4.78, 5) is 29.4. The molecule has 7 heteroatoms. The van der Waals surface area contributed by atoms with Crippen LogP contribution in [0.2, 0.25) is 0 Å². The molecule has 1 aromatic heterocycles. The Bertz CT molecular complexity index is 1360. The number of nitro benzene ring substituents is 1. The van der Waals surface area contributed by atoms with Gasteiger partial charge in [0, 0.05) is 10.9 Å². The lowest BCUT2D eigenvalue weighted by atomic mass is 9.96. The van der Waals surface area contributed by atoms with Crippen molar-refractivity contribution in [1.29, 1.82) is 0 Å². The van der Waals surface area contributed by atoms with Crippen molar-refractivity contribution >= 4 is 28.2 Å². The van der Waals surface area contributed by atoms with Gasteiger partial charge < -0.3 is 10.1 Å². The van der Waals surface area contributed by atoms with Crippen molar-refractivity contribution in [1.82, 2.24) is 4.98 Å². The van der Waals surface area contributed by atoms with E-state index in [9.17, 15) is 14.9 Å². The van der Waals surface area contributed by atoms with Crippen LogP contribution in [0.25, 0.3) is 22.2 Å². The van der Waals surface area contributed by atoms with Crippen LogP contribution in [0.1, 0.15) is 28.4 Å². The largest absolute Gasteiger partial charge is 0.494 e. The quantitative estimate of drug-likeness (QED) is 0.289. The van der Waals surface area contributed by atoms with E-state index in [1.165, 1.54) is 12.1 Å². The number of pyridine rings is 1. The molecule has 0 aliphatic heterocycles. The number of nitrogens with one attached hydrogen (secondary N) is 1. The molecule has 0 aliphatic carbocycles. The highest BCUT2D eigenvalue weighted by Gasteiger charge is 2.22. The number of hydrogen-bond acceptors (Lipinski definition) is 5. The number of fused-ring (bicyclic) bond motifs is 1. The van der Waals surface area contributed by atoms with Crippen molar-refractivity contribution in [2.45, 2.75) is 20.8 Å². The Balaban J connectivity index is 1.83. The van der Waals surface area contributed by atoms with Crippen LogP contribution in [0.15, 0.2) is 66.7 Å². The van der Waals surface area contributed by atoms with Gasteiger partial charge in [-0.2, -0.15) is 0 Å². The standard InChI is InChI=1S/C26H23N3O4/c1-4-33-19-13-14-22(23(15-19)29(31)32)28-26(30)24-17(3)25(18-11-9-16(2)10-12-18)27-21-8-6-5-7-20(21)24/h5-15H,4H2,1-3H3,(H,28,30). The van der Waals surface area contributed by atoms with Gasteiger partial charge in [0.15, 0.2) is 0 Å². The molecule has 166 valence electrons. The third-order valence-electron chi connectivity index (χ3n) is 5.41. The van der Waals surface area contributed by atoms with E-state index in [-0.39, 0.29) is 11.4 Å². The zero-order valence-corrected chi connectivity index (χ0v) is 18.6. The van der Waals surface area contributed by atoms with Gasteiger partial charge in [0.25, 0.3) is 11.6 Å². The highest BCUT2D eigenvalue weighted by Crippen LogP contribution is 2.33. The van der Waals surface area contributed by atoms with E-state index in [1.807, 2.05) is 62.4 Å². The molecule has 33 heavy (non-hydrogen) atoms. The maximum Gasteiger partial charge on any atom is 0.296 e. The molecule has 4 aromatic rings. The van der Waals surface area contributed by atoms with Gasteiger partial charge in [-0.3, -0.25) is 14.9 Å². The Morgan fingerprint density at radius 1 is 1.06 bits per heavy atom. The Hall–Kier alpha value is -4.26. The number of rotatable bonds is 6. The van der Waals surface area contributed by atoms with Crippen molar-refractivity contribution in [3.8, 4) is 17.0 Å². The van der Waals surface area contributed by atoms with Gasteiger partial charge in [0.1, 0.15) is 11.4 Å². The molecule has 0 bridgehead atoms. The number of amides is 1. The fraction of sp³-hybridized carbons (Fsp3) is 0.154. The van der Waals surface area contributed by atoms with Crippen molar-refractivity contribution in [2.24, 2.45) is 0 Å². The summed E-state index contributed by atoms with van der Waals surface area (Å²) in [5, 5.41) is 15.0. The first-order valence-electron chi connectivity index (χ1n) is 10.6. The number of hydrogen-bond donors (Lipinski definition) is 1. The van der Waals surface area contributed by atoms with Crippen LogP contribution < -0.4 is 10.1 Å². The summed E-state index contributed by atoms with van der Waals surface area (Å²) in [6, 6.07) is 19.7. The number of ether oxygens (including phenoxy) is 1. The number of anilines is 1. The minimum atomic E-state index is -0.534. The zero-order chi connectivity index (χ0) is 23.5. The van der Waals surface area contributed by atoms with E-state index in [0.717, 1.165) is 11.1 Å². The van der Waals surface area contributed by atoms with Crippen LogP contribution in [0.3, 0.4) is 0 Å². The maximum atomic E-state index is 13.5. The molecule has 4 rings (SSSR count). The molecular formula is C26H23N3O4. The SMILES string of the molecule is CCOc1ccc(NC(=O)c2c(C)c(-c3ccc(C)cc3)nc3ccccc23)c([N+](=O)[O-])c1. The molecular weight excluding hydrogens is 418 g/mol. The fourth-order valence-corrected chi connectivity index (χ4v) is 3.80. The Labute approximate surface area is 191 Å². The second-order valence-electron chi connectivity index (χ2n) is 7.67. The normalized spacial score (nSPS) is 10.8. The van der Waals surface area contributed by atoms with Gasteiger partial charge in [0.05, 0.1) is 34.4 Å². The average molecular weight is 441 g/mol. The molecule has 7 nitrogen and oxygen atoms in total. The Kier molecular flexibility index (Phi) is 6.04. The molecule has 0 fully saturated rings. The second-order valence-corrected chi connectivity index (χ2v) is 7.67. The predicted molar refractivity (Wildman–Crippen MR) is 129 cm³/mol. The summed E-state index contributed by atoms with van der Waals surface area (Å²) in [5.41, 5.74) is 4.38. The topological polar surface area (TPSA) is 94.4 Å². The number of carbonyl (C=O) groups excluding carboxylic acids is 1. The summed E-state index contributed by atoms with van der Waals surface area (Å²) in [6.45, 7) is 6.03. The maximum absolute atomic E-state index is 13.5. The Morgan fingerprint density at radius 2 is 1.79 bits per heavy atom. The minimum absolute atomic E-state index is 0.102. The highest BCUT2D eigenvalue weighted by atomic mass is 16.6. The molecule has 1 N–H and O–H groups in total. The molecule has 0 aliphatic rings. The van der Waals surface area contributed by atoms with E-state index >= 15 is 0 Å². The van der Waals surface area contributed by atoms with Crippen LogP contribution in [0.5, 0.6) is 5.75 Å². The summed E-state index contributed by atoms with van der Waals surface area (Å²) in [7, 11) is 0. The van der Waals surface area contributed by atoms with E-state index in [0.29, 0.717) is 40.1 Å². The van der Waals surface area contributed by atoms with Crippen LogP contribution in [0.4, 0.5) is 11.4 Å². The van der Waals surface area contributed by atoms with E-state index < -0.39 is 10.8 Å². The van der Waals surface area contributed by atoms with E-state index in [1.54, 1.807) is 13.0 Å². The summed E-state index contributed by atoms with van der Waals surface area (Å²) in [6.07, 6.45) is 0. The fourth-order valence-electron chi connectivity index (χ4n) is 3.80. The van der Waals surface area contributed by atoms with Gasteiger partial charge in [0.2, 0.25) is 0 Å². The van der Waals surface area contributed by atoms with Gasteiger partial charge in [-0.05, 0) is 44.5 Å². The number of nitrogens with zero attached hydrogens (tertiary/aromatic N) is 2. The minimum Gasteiger partial charge on any atom is -0.494 e. The zero-order valence-electron chi connectivity index (χ0n) is 18.6. The average Bonchev–Trinajstić information content (AvgIpc) is 2.80. The van der Waals surface area contributed by atoms with Gasteiger partial charge in [-0.25, -0.2) is 4.98 Å². The highest BCUT2D eigenvalue weighted by molar-refractivity contribution is 6.15. The van der Waals surface area contributed by atoms with Gasteiger partial charge in [-0.15, -0.1) is 0 Å². The first-order valence-corrected chi connectivity index (χ1v) is 10.6. The third kappa shape index (κ3) is 4.39. The van der Waals surface area contributed by atoms with Gasteiger partial charge in [-0.1, -0.05) is 48.0 Å².